The summed E-state index contributed by atoms with van der Waals surface area (Å²) in [5.74, 6) is -1.22. The molecule has 27 heavy (non-hydrogen) atoms. The number of alkyl halides is 1. The molecule has 4 rings (SSSR count). The molecular formula is C19H23F2NO5. The number of hydrogen-bond donors (Lipinski definition) is 2. The summed E-state index contributed by atoms with van der Waals surface area (Å²) in [6.07, 6.45) is -0.473. The second-order valence-electron chi connectivity index (χ2n) is 7.54. The molecule has 1 aromatic carbocycles. The van der Waals surface area contributed by atoms with E-state index >= 15 is 4.39 Å². The van der Waals surface area contributed by atoms with Crippen LogP contribution in [0, 0.1) is 5.82 Å². The summed E-state index contributed by atoms with van der Waals surface area (Å²) in [4.78, 5) is 12.4. The SMILES string of the molecule is CC(O)(c1cc(F)c2c(c1)C(=O)NC2O[C@H]1CCOC1)C1(F)CCOCC1. The van der Waals surface area contributed by atoms with Crippen LogP contribution in [0.5, 0.6) is 0 Å². The standard InChI is InChI=1S/C19H23F2NO5/c1-18(24,19(21)3-6-25-7-4-19)11-8-13-15(14(20)9-11)17(22-16(13)23)27-12-2-5-26-10-12/h8-9,12,17,24H,2-7,10H2,1H3,(H,22,23)/t12-,17?,18?/m0/s1. The lowest BCUT2D eigenvalue weighted by Gasteiger charge is -2.41. The van der Waals surface area contributed by atoms with E-state index < -0.39 is 29.2 Å². The zero-order valence-electron chi connectivity index (χ0n) is 15.1. The smallest absolute Gasteiger partial charge is 0.254 e. The third-order valence-corrected chi connectivity index (χ3v) is 5.83. The van der Waals surface area contributed by atoms with Gasteiger partial charge >= 0.3 is 0 Å². The van der Waals surface area contributed by atoms with Crippen molar-refractivity contribution < 1.29 is 32.9 Å². The molecule has 0 spiro atoms. The Morgan fingerprint density at radius 2 is 2.04 bits per heavy atom. The number of aliphatic hydroxyl groups is 1. The van der Waals surface area contributed by atoms with Crippen LogP contribution < -0.4 is 5.32 Å². The van der Waals surface area contributed by atoms with Crippen molar-refractivity contribution in [1.82, 2.24) is 5.32 Å². The molecule has 0 radical (unpaired) electrons. The quantitative estimate of drug-likeness (QED) is 0.833. The van der Waals surface area contributed by atoms with Gasteiger partial charge in [-0.3, -0.25) is 4.79 Å². The maximum atomic E-state index is 15.4. The minimum Gasteiger partial charge on any atom is -0.382 e. The first-order chi connectivity index (χ1) is 12.8. The topological polar surface area (TPSA) is 77.0 Å². The first-order valence-corrected chi connectivity index (χ1v) is 9.19. The van der Waals surface area contributed by atoms with Crippen LogP contribution in [0.1, 0.15) is 53.9 Å². The van der Waals surface area contributed by atoms with Crippen molar-refractivity contribution in [2.75, 3.05) is 26.4 Å². The van der Waals surface area contributed by atoms with E-state index in [1.807, 2.05) is 0 Å². The number of hydrogen-bond acceptors (Lipinski definition) is 5. The molecule has 0 bridgehead atoms. The molecule has 2 fully saturated rings. The number of ether oxygens (including phenoxy) is 3. The molecule has 0 aliphatic carbocycles. The summed E-state index contributed by atoms with van der Waals surface area (Å²) in [5.41, 5.74) is -3.73. The number of nitrogens with one attached hydrogen (secondary N) is 1. The molecule has 0 saturated carbocycles. The van der Waals surface area contributed by atoms with Gasteiger partial charge in [0, 0.05) is 38.2 Å². The summed E-state index contributed by atoms with van der Waals surface area (Å²) >= 11 is 0. The van der Waals surface area contributed by atoms with Crippen LogP contribution in [0.25, 0.3) is 0 Å². The monoisotopic (exact) mass is 383 g/mol. The number of carbonyl (C=O) groups excluding carboxylic acids is 1. The van der Waals surface area contributed by atoms with Crippen LogP contribution in [-0.4, -0.2) is 49.2 Å². The fraction of sp³-hybridized carbons (Fsp3) is 0.632. The molecule has 3 heterocycles. The second-order valence-corrected chi connectivity index (χ2v) is 7.54. The Kier molecular flexibility index (Phi) is 4.70. The lowest BCUT2D eigenvalue weighted by atomic mass is 9.75. The lowest BCUT2D eigenvalue weighted by Crippen LogP contribution is -2.50. The van der Waals surface area contributed by atoms with Gasteiger partial charge in [0.1, 0.15) is 17.1 Å². The minimum atomic E-state index is -1.96. The first-order valence-electron chi connectivity index (χ1n) is 9.19. The van der Waals surface area contributed by atoms with Crippen molar-refractivity contribution in [3.05, 3.63) is 34.6 Å². The van der Waals surface area contributed by atoms with Crippen molar-refractivity contribution in [3.63, 3.8) is 0 Å². The molecule has 0 aromatic heterocycles. The molecule has 1 amide bonds. The zero-order valence-corrected chi connectivity index (χ0v) is 15.1. The van der Waals surface area contributed by atoms with E-state index in [0.29, 0.717) is 19.6 Å². The van der Waals surface area contributed by atoms with Gasteiger partial charge in [-0.05, 0) is 31.0 Å². The van der Waals surface area contributed by atoms with Crippen molar-refractivity contribution in [2.24, 2.45) is 0 Å². The van der Waals surface area contributed by atoms with Crippen molar-refractivity contribution in [3.8, 4) is 0 Å². The lowest BCUT2D eigenvalue weighted by molar-refractivity contribution is -0.143. The maximum Gasteiger partial charge on any atom is 0.254 e. The van der Waals surface area contributed by atoms with Crippen LogP contribution in [-0.2, 0) is 19.8 Å². The van der Waals surface area contributed by atoms with Crippen LogP contribution in [0.2, 0.25) is 0 Å². The molecule has 3 aliphatic heterocycles. The van der Waals surface area contributed by atoms with E-state index in [1.54, 1.807) is 0 Å². The van der Waals surface area contributed by atoms with E-state index in [4.69, 9.17) is 14.2 Å². The number of carbonyl (C=O) groups is 1. The molecule has 2 saturated heterocycles. The summed E-state index contributed by atoms with van der Waals surface area (Å²) in [6, 6.07) is 2.45. The highest BCUT2D eigenvalue weighted by Gasteiger charge is 2.51. The predicted octanol–water partition coefficient (Wildman–Crippen LogP) is 2.10. The first kappa shape index (κ1) is 18.7. The summed E-state index contributed by atoms with van der Waals surface area (Å²) in [5, 5.41) is 13.5. The highest BCUT2D eigenvalue weighted by atomic mass is 19.1. The number of fused-ring (bicyclic) bond motifs is 1. The van der Waals surface area contributed by atoms with Crippen LogP contribution in [0.3, 0.4) is 0 Å². The maximum absolute atomic E-state index is 15.4. The van der Waals surface area contributed by atoms with Gasteiger partial charge in [0.25, 0.3) is 5.91 Å². The predicted molar refractivity (Wildman–Crippen MR) is 90.4 cm³/mol. The van der Waals surface area contributed by atoms with Crippen LogP contribution in [0.15, 0.2) is 12.1 Å². The third-order valence-electron chi connectivity index (χ3n) is 5.83. The molecule has 6 nitrogen and oxygen atoms in total. The van der Waals surface area contributed by atoms with E-state index in [-0.39, 0.29) is 48.8 Å². The average Bonchev–Trinajstić information content (AvgIpc) is 3.24. The van der Waals surface area contributed by atoms with Crippen LogP contribution >= 0.6 is 0 Å². The van der Waals surface area contributed by atoms with Gasteiger partial charge in [0.15, 0.2) is 6.23 Å². The summed E-state index contributed by atoms with van der Waals surface area (Å²) < 4.78 is 46.5. The average molecular weight is 383 g/mol. The van der Waals surface area contributed by atoms with Gasteiger partial charge in [-0.25, -0.2) is 8.78 Å². The van der Waals surface area contributed by atoms with Gasteiger partial charge in [-0.1, -0.05) is 0 Å². The van der Waals surface area contributed by atoms with Crippen LogP contribution in [0.4, 0.5) is 8.78 Å². The van der Waals surface area contributed by atoms with Gasteiger partial charge in [-0.2, -0.15) is 0 Å². The highest BCUT2D eigenvalue weighted by molar-refractivity contribution is 5.99. The van der Waals surface area contributed by atoms with Gasteiger partial charge in [0.2, 0.25) is 0 Å². The largest absolute Gasteiger partial charge is 0.382 e. The molecule has 8 heteroatoms. The van der Waals surface area contributed by atoms with Gasteiger partial charge < -0.3 is 24.6 Å². The third kappa shape index (κ3) is 3.14. The molecule has 3 atom stereocenters. The highest BCUT2D eigenvalue weighted by Crippen LogP contribution is 2.44. The van der Waals surface area contributed by atoms with Gasteiger partial charge in [-0.15, -0.1) is 0 Å². The summed E-state index contributed by atoms with van der Waals surface area (Å²) in [7, 11) is 0. The van der Waals surface area contributed by atoms with Crippen molar-refractivity contribution in [1.29, 1.82) is 0 Å². The molecular weight excluding hydrogens is 360 g/mol. The Morgan fingerprint density at radius 3 is 2.70 bits per heavy atom. The zero-order chi connectivity index (χ0) is 19.2. The van der Waals surface area contributed by atoms with E-state index in [9.17, 15) is 14.3 Å². The molecule has 148 valence electrons. The second kappa shape index (κ2) is 6.77. The molecule has 2 N–H and O–H groups in total. The number of benzene rings is 1. The van der Waals surface area contributed by atoms with Crippen molar-refractivity contribution in [2.45, 2.75) is 49.8 Å². The Bertz CT molecular complexity index is 742. The normalized spacial score (nSPS) is 29.3. The summed E-state index contributed by atoms with van der Waals surface area (Å²) in [6.45, 7) is 2.63. The Balaban J connectivity index is 1.66. The Labute approximate surface area is 155 Å². The number of amides is 1. The van der Waals surface area contributed by atoms with E-state index in [1.165, 1.54) is 13.0 Å². The minimum absolute atomic E-state index is 0.00167. The Morgan fingerprint density at radius 1 is 1.30 bits per heavy atom. The fourth-order valence-electron chi connectivity index (χ4n) is 3.98. The number of halogens is 2. The molecule has 3 aliphatic rings. The molecule has 1 aromatic rings. The van der Waals surface area contributed by atoms with E-state index in [2.05, 4.69) is 5.32 Å². The van der Waals surface area contributed by atoms with E-state index in [0.717, 1.165) is 6.07 Å². The molecule has 2 unspecified atom stereocenters. The Hall–Kier alpha value is -1.61. The van der Waals surface area contributed by atoms with Gasteiger partial charge in [0.05, 0.1) is 18.3 Å². The van der Waals surface area contributed by atoms with Crippen molar-refractivity contribution >= 4 is 5.91 Å². The fourth-order valence-corrected chi connectivity index (χ4v) is 3.98. The number of rotatable bonds is 4.